The fourth-order valence-corrected chi connectivity index (χ4v) is 2.78. The van der Waals surface area contributed by atoms with E-state index in [2.05, 4.69) is 32.3 Å². The van der Waals surface area contributed by atoms with Gasteiger partial charge in [0.2, 0.25) is 5.91 Å². The quantitative estimate of drug-likeness (QED) is 0.927. The molecule has 0 spiro atoms. The number of carbonyl (C=O) groups excluding carboxylic acids is 1. The summed E-state index contributed by atoms with van der Waals surface area (Å²) in [5, 5.41) is 3.37. The molecule has 2 aromatic rings. The van der Waals surface area contributed by atoms with Crippen molar-refractivity contribution in [3.63, 3.8) is 0 Å². The molecule has 4 nitrogen and oxygen atoms in total. The van der Waals surface area contributed by atoms with E-state index < -0.39 is 0 Å². The molecule has 0 atom stereocenters. The molecule has 0 fully saturated rings. The third-order valence-corrected chi connectivity index (χ3v) is 4.09. The highest BCUT2D eigenvalue weighted by atomic mass is 79.9. The number of pyridine rings is 1. The van der Waals surface area contributed by atoms with Gasteiger partial charge in [0.05, 0.1) is 12.2 Å². The number of amides is 1. The van der Waals surface area contributed by atoms with Gasteiger partial charge in [-0.2, -0.15) is 0 Å². The van der Waals surface area contributed by atoms with Gasteiger partial charge in [0.1, 0.15) is 0 Å². The van der Waals surface area contributed by atoms with Crippen LogP contribution in [0.15, 0.2) is 41.0 Å². The molecule has 0 aliphatic carbocycles. The third kappa shape index (κ3) is 3.08. The molecule has 1 aromatic heterocycles. The molecule has 0 saturated carbocycles. The van der Waals surface area contributed by atoms with Crippen molar-refractivity contribution in [1.82, 2.24) is 4.98 Å². The number of halogens is 1. The molecule has 1 aliphatic rings. The van der Waals surface area contributed by atoms with E-state index in [9.17, 15) is 4.79 Å². The number of nitrogens with zero attached hydrogens (tertiary/aromatic N) is 2. The van der Waals surface area contributed by atoms with Crippen molar-refractivity contribution in [1.29, 1.82) is 0 Å². The third-order valence-electron chi connectivity index (χ3n) is 3.62. The first-order valence-corrected chi connectivity index (χ1v) is 7.68. The van der Waals surface area contributed by atoms with Crippen LogP contribution in [-0.4, -0.2) is 17.4 Å². The van der Waals surface area contributed by atoms with Gasteiger partial charge in [-0.1, -0.05) is 0 Å². The predicted octanol–water partition coefficient (Wildman–Crippen LogP) is 3.37. The highest BCUT2D eigenvalue weighted by Crippen LogP contribution is 2.30. The first-order valence-electron chi connectivity index (χ1n) is 6.89. The zero-order valence-corrected chi connectivity index (χ0v) is 13.4. The molecule has 1 aromatic carbocycles. The molecule has 0 bridgehead atoms. The van der Waals surface area contributed by atoms with Crippen molar-refractivity contribution in [2.45, 2.75) is 19.9 Å². The van der Waals surface area contributed by atoms with Gasteiger partial charge in [-0.05, 0) is 58.2 Å². The number of hydrogen-bond donors (Lipinski definition) is 1. The molecule has 108 valence electrons. The Balaban J connectivity index is 1.70. The number of hydrogen-bond acceptors (Lipinski definition) is 3. The van der Waals surface area contributed by atoms with Gasteiger partial charge >= 0.3 is 0 Å². The lowest BCUT2D eigenvalue weighted by atomic mass is 10.1. The maximum atomic E-state index is 11.5. The van der Waals surface area contributed by atoms with Crippen LogP contribution < -0.4 is 10.2 Å². The Labute approximate surface area is 132 Å². The van der Waals surface area contributed by atoms with E-state index in [1.807, 2.05) is 29.2 Å². The lowest BCUT2D eigenvalue weighted by Gasteiger charge is -2.15. The fraction of sp³-hybridized carbons (Fsp3) is 0.250. The Morgan fingerprint density at radius 2 is 2.24 bits per heavy atom. The topological polar surface area (TPSA) is 45.2 Å². The van der Waals surface area contributed by atoms with Crippen molar-refractivity contribution in [2.75, 3.05) is 16.8 Å². The van der Waals surface area contributed by atoms with Crippen molar-refractivity contribution in [3.05, 3.63) is 52.3 Å². The van der Waals surface area contributed by atoms with Crippen LogP contribution in [0.25, 0.3) is 0 Å². The van der Waals surface area contributed by atoms with E-state index in [4.69, 9.17) is 0 Å². The van der Waals surface area contributed by atoms with Gasteiger partial charge in [0.15, 0.2) is 0 Å². The zero-order chi connectivity index (χ0) is 14.8. The zero-order valence-electron chi connectivity index (χ0n) is 11.8. The summed E-state index contributed by atoms with van der Waals surface area (Å²) in [5.74, 6) is 0.105. The largest absolute Gasteiger partial charge is 0.379 e. The van der Waals surface area contributed by atoms with Crippen LogP contribution in [-0.2, 0) is 17.8 Å². The monoisotopic (exact) mass is 345 g/mol. The van der Waals surface area contributed by atoms with Crippen LogP contribution in [0.3, 0.4) is 0 Å². The molecule has 2 heterocycles. The van der Waals surface area contributed by atoms with Crippen LogP contribution in [0.4, 0.5) is 11.4 Å². The summed E-state index contributed by atoms with van der Waals surface area (Å²) in [6.07, 6.45) is 2.71. The van der Waals surface area contributed by atoms with Gasteiger partial charge in [-0.3, -0.25) is 9.78 Å². The first kappa shape index (κ1) is 14.1. The first-order chi connectivity index (χ1) is 10.1. The van der Waals surface area contributed by atoms with Crippen molar-refractivity contribution in [3.8, 4) is 0 Å². The Hall–Kier alpha value is -1.88. The van der Waals surface area contributed by atoms with Gasteiger partial charge in [0, 0.05) is 35.5 Å². The van der Waals surface area contributed by atoms with E-state index in [1.54, 1.807) is 13.1 Å². The van der Waals surface area contributed by atoms with E-state index in [-0.39, 0.29) is 5.91 Å². The van der Waals surface area contributed by atoms with Crippen LogP contribution in [0, 0.1) is 0 Å². The summed E-state index contributed by atoms with van der Waals surface area (Å²) < 4.78 is 0.980. The lowest BCUT2D eigenvalue weighted by Crippen LogP contribution is -2.25. The van der Waals surface area contributed by atoms with Gasteiger partial charge < -0.3 is 10.2 Å². The minimum Gasteiger partial charge on any atom is -0.379 e. The number of aromatic nitrogens is 1. The summed E-state index contributed by atoms with van der Waals surface area (Å²) in [4.78, 5) is 17.7. The summed E-state index contributed by atoms with van der Waals surface area (Å²) in [6.45, 7) is 3.07. The van der Waals surface area contributed by atoms with Crippen molar-refractivity contribution < 1.29 is 4.79 Å². The molecule has 5 heteroatoms. The molecule has 1 aliphatic heterocycles. The van der Waals surface area contributed by atoms with E-state index in [1.165, 1.54) is 5.56 Å². The molecule has 3 rings (SSSR count). The smallest absolute Gasteiger partial charge is 0.223 e. The van der Waals surface area contributed by atoms with Crippen molar-refractivity contribution in [2.24, 2.45) is 0 Å². The number of rotatable bonds is 3. The normalized spacial score (nSPS) is 13.1. The summed E-state index contributed by atoms with van der Waals surface area (Å²) in [5.41, 5.74) is 4.31. The summed E-state index contributed by atoms with van der Waals surface area (Å²) >= 11 is 3.38. The Kier molecular flexibility index (Phi) is 3.92. The Morgan fingerprint density at radius 1 is 1.38 bits per heavy atom. The maximum Gasteiger partial charge on any atom is 0.223 e. The van der Waals surface area contributed by atoms with E-state index >= 15 is 0 Å². The number of fused-ring (bicyclic) bond motifs is 1. The second-order valence-corrected chi connectivity index (χ2v) is 6.00. The Morgan fingerprint density at radius 3 is 2.95 bits per heavy atom. The standard InChI is InChI=1S/C16H16BrN3O/c1-11(21)20-7-6-12-8-14(4-5-16(12)20)19-10-15-3-2-13(17)9-18-15/h2-5,8-9,19H,6-7,10H2,1H3. The lowest BCUT2D eigenvalue weighted by molar-refractivity contribution is -0.116. The van der Waals surface area contributed by atoms with Crippen molar-refractivity contribution >= 4 is 33.2 Å². The number of anilines is 2. The average Bonchev–Trinajstić information content (AvgIpc) is 2.90. The molecule has 21 heavy (non-hydrogen) atoms. The van der Waals surface area contributed by atoms with Gasteiger partial charge in [0.25, 0.3) is 0 Å². The van der Waals surface area contributed by atoms with E-state index in [0.717, 1.165) is 34.5 Å². The molecule has 0 unspecified atom stereocenters. The molecule has 0 radical (unpaired) electrons. The fourth-order valence-electron chi connectivity index (χ4n) is 2.54. The SMILES string of the molecule is CC(=O)N1CCc2cc(NCc3ccc(Br)cn3)ccc21. The van der Waals surface area contributed by atoms with Crippen LogP contribution in [0.5, 0.6) is 0 Å². The van der Waals surface area contributed by atoms with Crippen LogP contribution in [0.2, 0.25) is 0 Å². The van der Waals surface area contributed by atoms with E-state index in [0.29, 0.717) is 6.54 Å². The van der Waals surface area contributed by atoms with Crippen LogP contribution in [0.1, 0.15) is 18.2 Å². The second-order valence-electron chi connectivity index (χ2n) is 5.09. The number of benzene rings is 1. The highest BCUT2D eigenvalue weighted by Gasteiger charge is 2.21. The molecular weight excluding hydrogens is 330 g/mol. The number of nitrogens with one attached hydrogen (secondary N) is 1. The molecular formula is C16H16BrN3O. The van der Waals surface area contributed by atoms with Crippen LogP contribution >= 0.6 is 15.9 Å². The average molecular weight is 346 g/mol. The van der Waals surface area contributed by atoms with Gasteiger partial charge in [-0.25, -0.2) is 0 Å². The van der Waals surface area contributed by atoms with Gasteiger partial charge in [-0.15, -0.1) is 0 Å². The predicted molar refractivity (Wildman–Crippen MR) is 87.4 cm³/mol. The summed E-state index contributed by atoms with van der Waals surface area (Å²) in [6, 6.07) is 10.1. The number of carbonyl (C=O) groups is 1. The molecule has 1 amide bonds. The summed E-state index contributed by atoms with van der Waals surface area (Å²) in [7, 11) is 0. The maximum absolute atomic E-state index is 11.5. The Bertz CT molecular complexity index is 670. The molecule has 0 saturated heterocycles. The molecule has 1 N–H and O–H groups in total. The minimum atomic E-state index is 0.105. The highest BCUT2D eigenvalue weighted by molar-refractivity contribution is 9.10. The minimum absolute atomic E-state index is 0.105. The second kappa shape index (κ2) is 5.85.